The molecule has 0 radical (unpaired) electrons. The number of carbonyl (C=O) groups excluding carboxylic acids is 2. The molecule has 0 spiro atoms. The highest BCUT2D eigenvalue weighted by molar-refractivity contribution is 5.91. The Labute approximate surface area is 168 Å². The molecule has 1 aliphatic heterocycles. The van der Waals surface area contributed by atoms with Gasteiger partial charge in [0.25, 0.3) is 5.91 Å². The van der Waals surface area contributed by atoms with Gasteiger partial charge in [0, 0.05) is 31.9 Å². The van der Waals surface area contributed by atoms with E-state index in [2.05, 4.69) is 0 Å². The van der Waals surface area contributed by atoms with Crippen molar-refractivity contribution in [2.75, 3.05) is 37.7 Å². The Hall–Kier alpha value is -3.17. The molecule has 0 atom stereocenters. The van der Waals surface area contributed by atoms with E-state index in [0.29, 0.717) is 24.8 Å². The van der Waals surface area contributed by atoms with Gasteiger partial charge in [0.1, 0.15) is 0 Å². The van der Waals surface area contributed by atoms with E-state index in [0.717, 1.165) is 24.3 Å². The smallest absolute Gasteiger partial charge is 0.416 e. The van der Waals surface area contributed by atoms with Gasteiger partial charge in [0.05, 0.1) is 11.1 Å². The van der Waals surface area contributed by atoms with Crippen LogP contribution in [-0.4, -0.2) is 49.6 Å². The topological polar surface area (TPSA) is 49.9 Å². The number of anilines is 1. The van der Waals surface area contributed by atoms with Crippen molar-refractivity contribution in [2.45, 2.75) is 6.18 Å². The number of halogens is 5. The normalized spacial score (nSPS) is 14.6. The molecule has 160 valence electrons. The average Bonchev–Trinajstić information content (AvgIpc) is 2.73. The molecular formula is C20H17F5N2O3. The third-order valence-corrected chi connectivity index (χ3v) is 4.65. The summed E-state index contributed by atoms with van der Waals surface area (Å²) in [5.74, 6) is -3.78. The van der Waals surface area contributed by atoms with Gasteiger partial charge in [0.2, 0.25) is 0 Å². The molecule has 2 aromatic rings. The lowest BCUT2D eigenvalue weighted by molar-refractivity contribution is -0.137. The molecule has 3 rings (SSSR count). The van der Waals surface area contributed by atoms with Crippen LogP contribution in [0, 0.1) is 11.6 Å². The molecule has 10 heteroatoms. The van der Waals surface area contributed by atoms with Crippen LogP contribution in [0.3, 0.4) is 0 Å². The Morgan fingerprint density at radius 3 is 2.27 bits per heavy atom. The highest BCUT2D eigenvalue weighted by Gasteiger charge is 2.31. The number of nitrogens with zero attached hydrogens (tertiary/aromatic N) is 2. The number of amides is 1. The van der Waals surface area contributed by atoms with Crippen molar-refractivity contribution in [3.05, 3.63) is 65.2 Å². The van der Waals surface area contributed by atoms with Gasteiger partial charge in [-0.15, -0.1) is 0 Å². The number of hydrogen-bond acceptors (Lipinski definition) is 4. The number of alkyl halides is 3. The predicted molar refractivity (Wildman–Crippen MR) is 96.9 cm³/mol. The fourth-order valence-corrected chi connectivity index (χ4v) is 3.02. The molecule has 1 amide bonds. The maximum atomic E-state index is 13.2. The zero-order valence-electron chi connectivity index (χ0n) is 15.6. The van der Waals surface area contributed by atoms with Crippen LogP contribution in [0.1, 0.15) is 15.9 Å². The summed E-state index contributed by atoms with van der Waals surface area (Å²) >= 11 is 0. The summed E-state index contributed by atoms with van der Waals surface area (Å²) < 4.78 is 69.5. The van der Waals surface area contributed by atoms with Crippen molar-refractivity contribution in [3.8, 4) is 0 Å². The van der Waals surface area contributed by atoms with E-state index in [1.165, 1.54) is 11.0 Å². The second kappa shape index (κ2) is 8.68. The van der Waals surface area contributed by atoms with Crippen molar-refractivity contribution >= 4 is 17.6 Å². The standard InChI is InChI=1S/C20H17F5N2O3/c21-16-5-4-13(10-17(16)22)19(29)30-12-18(28)27-8-6-26(7-9-27)15-3-1-2-14(11-15)20(23,24)25/h1-5,10-11H,6-9,12H2. The van der Waals surface area contributed by atoms with Crippen LogP contribution >= 0.6 is 0 Å². The summed E-state index contributed by atoms with van der Waals surface area (Å²) in [6, 6.07) is 7.44. The maximum absolute atomic E-state index is 13.2. The third-order valence-electron chi connectivity index (χ3n) is 4.65. The lowest BCUT2D eigenvalue weighted by Crippen LogP contribution is -2.50. The molecule has 1 fully saturated rings. The number of hydrogen-bond donors (Lipinski definition) is 0. The van der Waals surface area contributed by atoms with E-state index in [4.69, 9.17) is 4.74 Å². The van der Waals surface area contributed by atoms with Crippen molar-refractivity contribution in [1.29, 1.82) is 0 Å². The lowest BCUT2D eigenvalue weighted by Gasteiger charge is -2.36. The van der Waals surface area contributed by atoms with E-state index in [-0.39, 0.29) is 18.7 Å². The van der Waals surface area contributed by atoms with E-state index in [1.807, 2.05) is 0 Å². The molecule has 0 saturated carbocycles. The molecule has 5 nitrogen and oxygen atoms in total. The van der Waals surface area contributed by atoms with Crippen LogP contribution in [0.15, 0.2) is 42.5 Å². The number of esters is 1. The minimum Gasteiger partial charge on any atom is -0.452 e. The summed E-state index contributed by atoms with van der Waals surface area (Å²) in [5, 5.41) is 0. The molecule has 0 N–H and O–H groups in total. The minimum absolute atomic E-state index is 0.226. The number of ether oxygens (including phenoxy) is 1. The fraction of sp³-hybridized carbons (Fsp3) is 0.300. The predicted octanol–water partition coefficient (Wildman–Crippen LogP) is 3.49. The molecule has 2 aromatic carbocycles. The first kappa shape index (κ1) is 21.5. The molecule has 1 saturated heterocycles. The van der Waals surface area contributed by atoms with Gasteiger partial charge in [-0.3, -0.25) is 4.79 Å². The highest BCUT2D eigenvalue weighted by Crippen LogP contribution is 2.31. The summed E-state index contributed by atoms with van der Waals surface area (Å²) in [4.78, 5) is 27.2. The molecule has 1 heterocycles. The molecule has 0 aliphatic carbocycles. The quantitative estimate of drug-likeness (QED) is 0.553. The Morgan fingerprint density at radius 1 is 0.933 bits per heavy atom. The van der Waals surface area contributed by atoms with E-state index < -0.39 is 41.9 Å². The van der Waals surface area contributed by atoms with Crippen LogP contribution in [-0.2, 0) is 15.7 Å². The molecule has 0 aromatic heterocycles. The van der Waals surface area contributed by atoms with Gasteiger partial charge in [-0.25, -0.2) is 13.6 Å². The largest absolute Gasteiger partial charge is 0.452 e. The van der Waals surface area contributed by atoms with Crippen molar-refractivity contribution in [3.63, 3.8) is 0 Å². The zero-order valence-corrected chi connectivity index (χ0v) is 15.6. The highest BCUT2D eigenvalue weighted by atomic mass is 19.4. The third kappa shape index (κ3) is 5.05. The monoisotopic (exact) mass is 428 g/mol. The van der Waals surface area contributed by atoms with Crippen LogP contribution < -0.4 is 4.90 Å². The summed E-state index contributed by atoms with van der Waals surface area (Å²) in [5.41, 5.74) is -0.569. The first-order chi connectivity index (χ1) is 14.1. The van der Waals surface area contributed by atoms with Gasteiger partial charge in [-0.2, -0.15) is 13.2 Å². The van der Waals surface area contributed by atoms with Crippen molar-refractivity contribution in [1.82, 2.24) is 4.90 Å². The van der Waals surface area contributed by atoms with E-state index in [1.54, 1.807) is 11.0 Å². The Balaban J connectivity index is 1.52. The first-order valence-corrected chi connectivity index (χ1v) is 8.97. The van der Waals surface area contributed by atoms with Crippen LogP contribution in [0.2, 0.25) is 0 Å². The van der Waals surface area contributed by atoms with E-state index in [9.17, 15) is 31.5 Å². The summed E-state index contributed by atoms with van der Waals surface area (Å²) in [6.07, 6.45) is -4.44. The maximum Gasteiger partial charge on any atom is 0.416 e. The van der Waals surface area contributed by atoms with Crippen LogP contribution in [0.5, 0.6) is 0 Å². The molecule has 30 heavy (non-hydrogen) atoms. The average molecular weight is 428 g/mol. The zero-order chi connectivity index (χ0) is 21.9. The van der Waals surface area contributed by atoms with Gasteiger partial charge in [-0.05, 0) is 36.4 Å². The van der Waals surface area contributed by atoms with E-state index >= 15 is 0 Å². The number of rotatable bonds is 4. The number of piperazine rings is 1. The first-order valence-electron chi connectivity index (χ1n) is 8.97. The second-order valence-corrected chi connectivity index (χ2v) is 6.62. The Bertz CT molecular complexity index is 940. The number of benzene rings is 2. The Kier molecular flexibility index (Phi) is 6.23. The minimum atomic E-state index is -4.44. The van der Waals surface area contributed by atoms with Crippen LogP contribution in [0.4, 0.5) is 27.6 Å². The number of carbonyl (C=O) groups is 2. The van der Waals surface area contributed by atoms with Crippen LogP contribution in [0.25, 0.3) is 0 Å². The molecule has 0 unspecified atom stereocenters. The SMILES string of the molecule is O=C(OCC(=O)N1CCN(c2cccc(C(F)(F)F)c2)CC1)c1ccc(F)c(F)c1. The Morgan fingerprint density at radius 2 is 1.63 bits per heavy atom. The van der Waals surface area contributed by atoms with Gasteiger partial charge >= 0.3 is 12.1 Å². The van der Waals surface area contributed by atoms with Gasteiger partial charge < -0.3 is 14.5 Å². The molecule has 0 bridgehead atoms. The van der Waals surface area contributed by atoms with Gasteiger partial charge in [0.15, 0.2) is 18.2 Å². The summed E-state index contributed by atoms with van der Waals surface area (Å²) in [7, 11) is 0. The fourth-order valence-electron chi connectivity index (χ4n) is 3.02. The lowest BCUT2D eigenvalue weighted by atomic mass is 10.1. The second-order valence-electron chi connectivity index (χ2n) is 6.62. The molecule has 1 aliphatic rings. The van der Waals surface area contributed by atoms with Crippen molar-refractivity contribution < 1.29 is 36.3 Å². The van der Waals surface area contributed by atoms with Crippen molar-refractivity contribution in [2.24, 2.45) is 0 Å². The van der Waals surface area contributed by atoms with Gasteiger partial charge in [-0.1, -0.05) is 6.07 Å². The molecular weight excluding hydrogens is 411 g/mol. The summed E-state index contributed by atoms with van der Waals surface area (Å²) in [6.45, 7) is 0.505.